The molecule has 0 aliphatic rings. The second-order valence-electron chi connectivity index (χ2n) is 5.95. The third kappa shape index (κ3) is 4.62. The van der Waals surface area contributed by atoms with Gasteiger partial charge in [0.25, 0.3) is 5.56 Å². The number of aromatic nitrogens is 2. The molecule has 7 nitrogen and oxygen atoms in total. The fourth-order valence-electron chi connectivity index (χ4n) is 2.67. The summed E-state index contributed by atoms with van der Waals surface area (Å²) in [6.07, 6.45) is -0.533. The molecular weight excluding hydrogens is 356 g/mol. The molecule has 3 rings (SSSR count). The minimum atomic E-state index is -0.533. The van der Waals surface area contributed by atoms with Gasteiger partial charge in [-0.05, 0) is 42.8 Å². The molecule has 1 heterocycles. The van der Waals surface area contributed by atoms with E-state index in [1.54, 1.807) is 49.4 Å². The number of hydrogen-bond donors (Lipinski definition) is 1. The average molecular weight is 374 g/mol. The number of hydrogen-bond acceptors (Lipinski definition) is 5. The van der Waals surface area contributed by atoms with Crippen molar-refractivity contribution in [3.8, 4) is 17.3 Å². The van der Waals surface area contributed by atoms with Crippen LogP contribution in [0.2, 0.25) is 0 Å². The van der Waals surface area contributed by atoms with Gasteiger partial charge in [0.2, 0.25) is 0 Å². The van der Waals surface area contributed by atoms with E-state index in [-0.39, 0.29) is 18.7 Å². The highest BCUT2D eigenvalue weighted by Crippen LogP contribution is 2.17. The van der Waals surface area contributed by atoms with Gasteiger partial charge in [0.1, 0.15) is 0 Å². The third-order valence-corrected chi connectivity index (χ3v) is 3.94. The SMILES string of the molecule is CCOC(=O)Nc1cccc(Cn2nc(-c3cccc(C#N)c3)ccc2=O)c1. The van der Waals surface area contributed by atoms with Gasteiger partial charge in [-0.2, -0.15) is 10.4 Å². The van der Waals surface area contributed by atoms with Crippen LogP contribution in [0, 0.1) is 11.3 Å². The topological polar surface area (TPSA) is 97.0 Å². The molecule has 2 aromatic carbocycles. The maximum atomic E-state index is 12.2. The fourth-order valence-corrected chi connectivity index (χ4v) is 2.67. The lowest BCUT2D eigenvalue weighted by atomic mass is 10.1. The summed E-state index contributed by atoms with van der Waals surface area (Å²) < 4.78 is 6.21. The van der Waals surface area contributed by atoms with Crippen molar-refractivity contribution in [2.75, 3.05) is 11.9 Å². The average Bonchev–Trinajstić information content (AvgIpc) is 2.70. The molecule has 0 atom stereocenters. The van der Waals surface area contributed by atoms with E-state index < -0.39 is 6.09 Å². The molecule has 0 saturated carbocycles. The van der Waals surface area contributed by atoms with Crippen molar-refractivity contribution >= 4 is 11.8 Å². The molecule has 3 aromatic rings. The Morgan fingerprint density at radius 2 is 2.00 bits per heavy atom. The highest BCUT2D eigenvalue weighted by molar-refractivity contribution is 5.84. The van der Waals surface area contributed by atoms with Gasteiger partial charge in [-0.3, -0.25) is 10.1 Å². The number of anilines is 1. The van der Waals surface area contributed by atoms with Crippen LogP contribution in [-0.2, 0) is 11.3 Å². The molecular formula is C21H18N4O3. The predicted octanol–water partition coefficient (Wildman–Crippen LogP) is 3.40. The Labute approximate surface area is 161 Å². The number of nitriles is 1. The molecule has 1 N–H and O–H groups in total. The van der Waals surface area contributed by atoms with E-state index in [0.717, 1.165) is 11.1 Å². The standard InChI is InChI=1S/C21H18N4O3/c1-2-28-21(27)23-18-8-4-6-16(12-18)14-25-20(26)10-9-19(24-25)17-7-3-5-15(11-17)13-22/h3-12H,2,14H2,1H3,(H,23,27). The summed E-state index contributed by atoms with van der Waals surface area (Å²) in [4.78, 5) is 23.8. The zero-order valence-electron chi connectivity index (χ0n) is 15.3. The minimum absolute atomic E-state index is 0.239. The molecule has 0 unspecified atom stereocenters. The molecule has 1 amide bonds. The van der Waals surface area contributed by atoms with Gasteiger partial charge in [0.05, 0.1) is 30.5 Å². The van der Waals surface area contributed by atoms with Crippen molar-refractivity contribution in [3.05, 3.63) is 82.1 Å². The van der Waals surface area contributed by atoms with Crippen LogP contribution in [0.4, 0.5) is 10.5 Å². The van der Waals surface area contributed by atoms with E-state index in [1.165, 1.54) is 10.7 Å². The summed E-state index contributed by atoms with van der Waals surface area (Å²) in [5, 5.41) is 16.1. The van der Waals surface area contributed by atoms with E-state index in [4.69, 9.17) is 10.00 Å². The lowest BCUT2D eigenvalue weighted by Gasteiger charge is -2.10. The summed E-state index contributed by atoms with van der Waals surface area (Å²) in [5.41, 5.74) is 3.00. The lowest BCUT2D eigenvalue weighted by molar-refractivity contribution is 0.168. The van der Waals surface area contributed by atoms with Crippen LogP contribution in [-0.4, -0.2) is 22.5 Å². The second kappa shape index (κ2) is 8.64. The molecule has 0 saturated heterocycles. The summed E-state index contributed by atoms with van der Waals surface area (Å²) in [6.45, 7) is 2.25. The number of carbonyl (C=O) groups is 1. The first-order chi connectivity index (χ1) is 13.6. The number of amides is 1. The highest BCUT2D eigenvalue weighted by atomic mass is 16.5. The number of carbonyl (C=O) groups excluding carboxylic acids is 1. The van der Waals surface area contributed by atoms with Crippen molar-refractivity contribution in [1.29, 1.82) is 5.26 Å². The monoisotopic (exact) mass is 374 g/mol. The maximum Gasteiger partial charge on any atom is 0.411 e. The number of rotatable bonds is 5. The van der Waals surface area contributed by atoms with Gasteiger partial charge in [-0.15, -0.1) is 0 Å². The molecule has 0 aliphatic carbocycles. The van der Waals surface area contributed by atoms with Gasteiger partial charge < -0.3 is 4.74 Å². The molecule has 1 aromatic heterocycles. The van der Waals surface area contributed by atoms with E-state index in [1.807, 2.05) is 12.1 Å². The van der Waals surface area contributed by atoms with Crippen LogP contribution in [0.3, 0.4) is 0 Å². The number of nitrogens with one attached hydrogen (secondary N) is 1. The zero-order chi connectivity index (χ0) is 19.9. The Balaban J connectivity index is 1.86. The first-order valence-corrected chi connectivity index (χ1v) is 8.70. The van der Waals surface area contributed by atoms with Crippen molar-refractivity contribution < 1.29 is 9.53 Å². The van der Waals surface area contributed by atoms with Gasteiger partial charge in [0, 0.05) is 17.3 Å². The van der Waals surface area contributed by atoms with Crippen LogP contribution >= 0.6 is 0 Å². The maximum absolute atomic E-state index is 12.2. The van der Waals surface area contributed by atoms with Gasteiger partial charge >= 0.3 is 6.09 Å². The summed E-state index contributed by atoms with van der Waals surface area (Å²) in [6, 6.07) is 19.3. The highest BCUT2D eigenvalue weighted by Gasteiger charge is 2.07. The fraction of sp³-hybridized carbons (Fsp3) is 0.143. The normalized spacial score (nSPS) is 10.1. The number of benzene rings is 2. The molecule has 7 heteroatoms. The molecule has 0 radical (unpaired) electrons. The molecule has 140 valence electrons. The predicted molar refractivity (Wildman–Crippen MR) is 105 cm³/mol. The Morgan fingerprint density at radius 3 is 2.79 bits per heavy atom. The van der Waals surface area contributed by atoms with Crippen molar-refractivity contribution in [2.24, 2.45) is 0 Å². The van der Waals surface area contributed by atoms with E-state index >= 15 is 0 Å². The molecule has 28 heavy (non-hydrogen) atoms. The Morgan fingerprint density at radius 1 is 1.18 bits per heavy atom. The van der Waals surface area contributed by atoms with Gasteiger partial charge in [-0.1, -0.05) is 24.3 Å². The largest absolute Gasteiger partial charge is 0.450 e. The van der Waals surface area contributed by atoms with Crippen LogP contribution < -0.4 is 10.9 Å². The second-order valence-corrected chi connectivity index (χ2v) is 5.95. The van der Waals surface area contributed by atoms with E-state index in [2.05, 4.69) is 16.5 Å². The van der Waals surface area contributed by atoms with Crippen molar-refractivity contribution in [3.63, 3.8) is 0 Å². The summed E-state index contributed by atoms with van der Waals surface area (Å²) >= 11 is 0. The summed E-state index contributed by atoms with van der Waals surface area (Å²) in [5.74, 6) is 0. The van der Waals surface area contributed by atoms with E-state index in [0.29, 0.717) is 16.9 Å². The molecule has 0 bridgehead atoms. The minimum Gasteiger partial charge on any atom is -0.450 e. The molecule has 0 spiro atoms. The van der Waals surface area contributed by atoms with Gasteiger partial charge in [-0.25, -0.2) is 9.48 Å². The lowest BCUT2D eigenvalue weighted by Crippen LogP contribution is -2.23. The molecule has 0 aliphatic heterocycles. The van der Waals surface area contributed by atoms with Crippen LogP contribution in [0.5, 0.6) is 0 Å². The Hall–Kier alpha value is -3.92. The Bertz CT molecular complexity index is 1100. The first-order valence-electron chi connectivity index (χ1n) is 8.70. The summed E-state index contributed by atoms with van der Waals surface area (Å²) in [7, 11) is 0. The first kappa shape index (κ1) is 18.9. The number of ether oxygens (including phenoxy) is 1. The zero-order valence-corrected chi connectivity index (χ0v) is 15.3. The van der Waals surface area contributed by atoms with Crippen LogP contribution in [0.25, 0.3) is 11.3 Å². The Kier molecular flexibility index (Phi) is 5.82. The van der Waals surface area contributed by atoms with Crippen molar-refractivity contribution in [2.45, 2.75) is 13.5 Å². The number of nitrogens with zero attached hydrogens (tertiary/aromatic N) is 3. The van der Waals surface area contributed by atoms with Crippen molar-refractivity contribution in [1.82, 2.24) is 9.78 Å². The molecule has 0 fully saturated rings. The van der Waals surface area contributed by atoms with Crippen LogP contribution in [0.15, 0.2) is 65.5 Å². The third-order valence-electron chi connectivity index (χ3n) is 3.94. The quantitative estimate of drug-likeness (QED) is 0.738. The van der Waals surface area contributed by atoms with Crippen LogP contribution in [0.1, 0.15) is 18.1 Å². The van der Waals surface area contributed by atoms with E-state index in [9.17, 15) is 9.59 Å². The smallest absolute Gasteiger partial charge is 0.411 e. The van der Waals surface area contributed by atoms with Gasteiger partial charge in [0.15, 0.2) is 0 Å².